The zero-order chi connectivity index (χ0) is 23.2. The number of rotatable bonds is 7. The maximum absolute atomic E-state index is 12.7. The van der Waals surface area contributed by atoms with Crippen LogP contribution in [0.3, 0.4) is 0 Å². The van der Waals surface area contributed by atoms with Gasteiger partial charge in [-0.25, -0.2) is 4.79 Å². The molecule has 2 aromatic carbocycles. The molecule has 1 aliphatic heterocycles. The van der Waals surface area contributed by atoms with E-state index in [-0.39, 0.29) is 16.6 Å². The molecule has 2 heterocycles. The minimum absolute atomic E-state index is 0.182. The molecular weight excluding hydrogens is 444 g/mol. The lowest BCUT2D eigenvalue weighted by Gasteiger charge is -2.36. The van der Waals surface area contributed by atoms with Crippen LogP contribution in [0.15, 0.2) is 65.6 Å². The lowest BCUT2D eigenvalue weighted by molar-refractivity contribution is 0.0600. The Morgan fingerprint density at radius 2 is 1.73 bits per heavy atom. The Morgan fingerprint density at radius 1 is 1.03 bits per heavy atom. The third kappa shape index (κ3) is 5.35. The highest BCUT2D eigenvalue weighted by Gasteiger charge is 2.21. The topological polar surface area (TPSA) is 76.9 Å². The van der Waals surface area contributed by atoms with Crippen LogP contribution in [0.4, 0.5) is 5.69 Å². The van der Waals surface area contributed by atoms with Gasteiger partial charge in [0.1, 0.15) is 17.4 Å². The van der Waals surface area contributed by atoms with Gasteiger partial charge in [0.2, 0.25) is 0 Å². The van der Waals surface area contributed by atoms with Crippen molar-refractivity contribution in [2.45, 2.75) is 0 Å². The number of piperazine rings is 1. The van der Waals surface area contributed by atoms with Gasteiger partial charge in [0.15, 0.2) is 0 Å². The van der Waals surface area contributed by atoms with Crippen LogP contribution in [0.25, 0.3) is 5.69 Å². The van der Waals surface area contributed by atoms with Gasteiger partial charge in [-0.1, -0.05) is 29.8 Å². The van der Waals surface area contributed by atoms with Crippen molar-refractivity contribution in [3.63, 3.8) is 0 Å². The van der Waals surface area contributed by atoms with Gasteiger partial charge in [-0.2, -0.15) is 9.78 Å². The quantitative estimate of drug-likeness (QED) is 0.493. The third-order valence-electron chi connectivity index (χ3n) is 5.57. The van der Waals surface area contributed by atoms with Gasteiger partial charge in [-0.05, 0) is 36.4 Å². The first-order valence-corrected chi connectivity index (χ1v) is 11.1. The average molecular weight is 469 g/mol. The summed E-state index contributed by atoms with van der Waals surface area (Å²) in [6, 6.07) is 16.1. The molecule has 4 rings (SSSR count). The Hall–Kier alpha value is -3.36. The summed E-state index contributed by atoms with van der Waals surface area (Å²) in [5.74, 6) is 0.338. The van der Waals surface area contributed by atoms with Crippen LogP contribution < -0.4 is 15.2 Å². The predicted molar refractivity (Wildman–Crippen MR) is 127 cm³/mol. The number of benzene rings is 2. The maximum Gasteiger partial charge on any atom is 0.337 e. The Bertz CT molecular complexity index is 1140. The fourth-order valence-electron chi connectivity index (χ4n) is 3.71. The number of nitrogens with zero attached hydrogens (tertiary/aromatic N) is 4. The predicted octanol–water partition coefficient (Wildman–Crippen LogP) is 2.87. The van der Waals surface area contributed by atoms with Crippen LogP contribution in [0.1, 0.15) is 10.4 Å². The van der Waals surface area contributed by atoms with Crippen molar-refractivity contribution in [2.75, 3.05) is 51.3 Å². The molecule has 0 aliphatic carbocycles. The molecule has 0 spiro atoms. The molecule has 33 heavy (non-hydrogen) atoms. The Kier molecular flexibility index (Phi) is 7.26. The highest BCUT2D eigenvalue weighted by Crippen LogP contribution is 2.23. The zero-order valence-electron chi connectivity index (χ0n) is 18.3. The summed E-state index contributed by atoms with van der Waals surface area (Å²) in [6.07, 6.45) is 1.66. The number of anilines is 1. The molecule has 1 saturated heterocycles. The standard InChI is InChI=1S/C24H25ClN4O4/c1-32-24(31)18-7-9-20(10-8-18)33-16-15-27-11-13-28(14-12-27)21-17-26-29(23(30)22(21)25)19-5-3-2-4-6-19/h2-10,17H,11-16H2,1H3. The van der Waals surface area contributed by atoms with E-state index in [0.29, 0.717) is 29.3 Å². The number of esters is 1. The molecule has 0 N–H and O–H groups in total. The number of hydrogen-bond donors (Lipinski definition) is 0. The molecule has 8 nitrogen and oxygen atoms in total. The number of para-hydroxylation sites is 1. The molecule has 172 valence electrons. The number of methoxy groups -OCH3 is 1. The van der Waals surface area contributed by atoms with Crippen molar-refractivity contribution in [1.82, 2.24) is 14.7 Å². The minimum atomic E-state index is -0.368. The Labute approximate surface area is 196 Å². The summed E-state index contributed by atoms with van der Waals surface area (Å²) in [4.78, 5) is 28.6. The average Bonchev–Trinajstić information content (AvgIpc) is 2.87. The normalized spacial score (nSPS) is 14.2. The van der Waals surface area contributed by atoms with Crippen molar-refractivity contribution in [3.8, 4) is 11.4 Å². The van der Waals surface area contributed by atoms with E-state index in [4.69, 9.17) is 21.1 Å². The van der Waals surface area contributed by atoms with Crippen LogP contribution in [-0.4, -0.2) is 67.1 Å². The van der Waals surface area contributed by atoms with E-state index in [1.165, 1.54) is 11.8 Å². The summed E-state index contributed by atoms with van der Waals surface area (Å²) < 4.78 is 11.8. The number of hydrogen-bond acceptors (Lipinski definition) is 7. The molecule has 0 amide bonds. The van der Waals surface area contributed by atoms with Gasteiger partial charge in [0.25, 0.3) is 5.56 Å². The van der Waals surface area contributed by atoms with E-state index in [9.17, 15) is 9.59 Å². The first-order valence-electron chi connectivity index (χ1n) is 10.7. The number of halogens is 1. The molecule has 0 atom stereocenters. The molecule has 1 aromatic heterocycles. The molecule has 0 saturated carbocycles. The Balaban J connectivity index is 1.29. The summed E-state index contributed by atoms with van der Waals surface area (Å²) in [5, 5.41) is 4.51. The monoisotopic (exact) mass is 468 g/mol. The van der Waals surface area contributed by atoms with Crippen LogP contribution in [0.2, 0.25) is 5.02 Å². The third-order valence-corrected chi connectivity index (χ3v) is 5.92. The summed E-state index contributed by atoms with van der Waals surface area (Å²) in [6.45, 7) is 4.43. The van der Waals surface area contributed by atoms with Crippen molar-refractivity contribution in [3.05, 3.63) is 81.7 Å². The van der Waals surface area contributed by atoms with E-state index in [0.717, 1.165) is 32.7 Å². The minimum Gasteiger partial charge on any atom is -0.492 e. The van der Waals surface area contributed by atoms with Crippen molar-refractivity contribution >= 4 is 23.3 Å². The molecule has 1 aliphatic rings. The second kappa shape index (κ2) is 10.5. The smallest absolute Gasteiger partial charge is 0.337 e. The van der Waals surface area contributed by atoms with E-state index >= 15 is 0 Å². The van der Waals surface area contributed by atoms with Crippen LogP contribution in [0, 0.1) is 0 Å². The fourth-order valence-corrected chi connectivity index (χ4v) is 3.96. The van der Waals surface area contributed by atoms with Gasteiger partial charge in [0.05, 0.1) is 30.2 Å². The number of carbonyl (C=O) groups excluding carboxylic acids is 1. The van der Waals surface area contributed by atoms with E-state index in [2.05, 4.69) is 14.9 Å². The second-order valence-electron chi connectivity index (χ2n) is 7.59. The maximum atomic E-state index is 12.7. The van der Waals surface area contributed by atoms with Gasteiger partial charge in [-0.15, -0.1) is 0 Å². The molecule has 0 bridgehead atoms. The number of ether oxygens (including phenoxy) is 2. The Morgan fingerprint density at radius 3 is 2.39 bits per heavy atom. The summed E-state index contributed by atoms with van der Waals surface area (Å²) in [5.41, 5.74) is 1.51. The van der Waals surface area contributed by atoms with Crippen molar-refractivity contribution in [2.24, 2.45) is 0 Å². The summed E-state index contributed by atoms with van der Waals surface area (Å²) >= 11 is 6.43. The molecule has 0 unspecified atom stereocenters. The lowest BCUT2D eigenvalue weighted by atomic mass is 10.2. The molecule has 9 heteroatoms. The van der Waals surface area contributed by atoms with Gasteiger partial charge >= 0.3 is 5.97 Å². The molecular formula is C24H25ClN4O4. The highest BCUT2D eigenvalue weighted by atomic mass is 35.5. The van der Waals surface area contributed by atoms with Crippen LogP contribution in [0.5, 0.6) is 5.75 Å². The molecule has 0 radical (unpaired) electrons. The van der Waals surface area contributed by atoms with E-state index in [1.54, 1.807) is 30.5 Å². The molecule has 1 fully saturated rings. The second-order valence-corrected chi connectivity index (χ2v) is 7.97. The first-order chi connectivity index (χ1) is 16.1. The summed E-state index contributed by atoms with van der Waals surface area (Å²) in [7, 11) is 1.36. The highest BCUT2D eigenvalue weighted by molar-refractivity contribution is 6.33. The van der Waals surface area contributed by atoms with Gasteiger partial charge < -0.3 is 14.4 Å². The molecule has 3 aromatic rings. The first kappa shape index (κ1) is 22.8. The fraction of sp³-hybridized carbons (Fsp3) is 0.292. The van der Waals surface area contributed by atoms with Crippen molar-refractivity contribution < 1.29 is 14.3 Å². The van der Waals surface area contributed by atoms with Crippen LogP contribution >= 0.6 is 11.6 Å². The van der Waals surface area contributed by atoms with Gasteiger partial charge in [0, 0.05) is 32.7 Å². The largest absolute Gasteiger partial charge is 0.492 e. The van der Waals surface area contributed by atoms with Crippen LogP contribution in [-0.2, 0) is 4.74 Å². The zero-order valence-corrected chi connectivity index (χ0v) is 19.1. The van der Waals surface area contributed by atoms with Gasteiger partial charge in [-0.3, -0.25) is 9.69 Å². The SMILES string of the molecule is COC(=O)c1ccc(OCCN2CCN(c3cnn(-c4ccccc4)c(=O)c3Cl)CC2)cc1. The van der Waals surface area contributed by atoms with E-state index in [1.807, 2.05) is 30.3 Å². The number of carbonyl (C=O) groups is 1. The number of aromatic nitrogens is 2. The lowest BCUT2D eigenvalue weighted by Crippen LogP contribution is -2.48. The van der Waals surface area contributed by atoms with E-state index < -0.39 is 0 Å². The van der Waals surface area contributed by atoms with Crippen molar-refractivity contribution in [1.29, 1.82) is 0 Å².